The molecule has 0 aromatic carbocycles. The van der Waals surface area contributed by atoms with Gasteiger partial charge in [0.15, 0.2) is 0 Å². The van der Waals surface area contributed by atoms with E-state index in [-0.39, 0.29) is 17.4 Å². The van der Waals surface area contributed by atoms with Crippen LogP contribution in [0.1, 0.15) is 43.0 Å². The van der Waals surface area contributed by atoms with E-state index in [4.69, 9.17) is 0 Å². The average Bonchev–Trinajstić information content (AvgIpc) is 2.48. The van der Waals surface area contributed by atoms with E-state index in [1.54, 1.807) is 25.4 Å². The summed E-state index contributed by atoms with van der Waals surface area (Å²) >= 11 is 0. The summed E-state index contributed by atoms with van der Waals surface area (Å²) in [6.07, 6.45) is 5.43. The van der Waals surface area contributed by atoms with E-state index in [0.29, 0.717) is 17.9 Å². The molecular formula is C15H23N3O2. The minimum absolute atomic E-state index is 0.157. The fraction of sp³-hybridized carbons (Fsp3) is 0.600. The Balaban J connectivity index is 2.09. The van der Waals surface area contributed by atoms with Gasteiger partial charge in [0.1, 0.15) is 5.82 Å². The van der Waals surface area contributed by atoms with Crippen LogP contribution in [0.3, 0.4) is 0 Å². The Labute approximate surface area is 119 Å². The standard InChI is InChI=1S/C15H23N3O2/c1-15(8-4-3-7-12(15)19)10-18-13-11(14(20)16-2)6-5-9-17-13/h5-6,9,12,19H,3-4,7-8,10H2,1-2H3,(H,16,20)(H,17,18). The molecular weight excluding hydrogens is 254 g/mol. The highest BCUT2D eigenvalue weighted by molar-refractivity contribution is 5.98. The molecule has 110 valence electrons. The fourth-order valence-corrected chi connectivity index (χ4v) is 2.74. The Bertz CT molecular complexity index is 478. The number of aliphatic hydroxyl groups excluding tert-OH is 1. The van der Waals surface area contributed by atoms with Gasteiger partial charge in [-0.15, -0.1) is 0 Å². The first-order chi connectivity index (χ1) is 9.57. The molecule has 5 nitrogen and oxygen atoms in total. The van der Waals surface area contributed by atoms with Crippen molar-refractivity contribution in [1.29, 1.82) is 0 Å². The van der Waals surface area contributed by atoms with Crippen LogP contribution in [0.5, 0.6) is 0 Å². The van der Waals surface area contributed by atoms with Crippen molar-refractivity contribution in [1.82, 2.24) is 10.3 Å². The lowest BCUT2D eigenvalue weighted by atomic mass is 9.73. The Hall–Kier alpha value is -1.62. The number of rotatable bonds is 4. The molecule has 2 rings (SSSR count). The maximum atomic E-state index is 11.8. The van der Waals surface area contributed by atoms with E-state index in [1.807, 2.05) is 0 Å². The number of aliphatic hydroxyl groups is 1. The smallest absolute Gasteiger partial charge is 0.254 e. The number of amides is 1. The molecule has 0 bridgehead atoms. The van der Waals surface area contributed by atoms with Crippen LogP contribution in [-0.4, -0.2) is 35.7 Å². The maximum absolute atomic E-state index is 11.8. The van der Waals surface area contributed by atoms with Gasteiger partial charge >= 0.3 is 0 Å². The molecule has 1 heterocycles. The average molecular weight is 277 g/mol. The van der Waals surface area contributed by atoms with Crippen molar-refractivity contribution in [3.63, 3.8) is 0 Å². The van der Waals surface area contributed by atoms with Crippen LogP contribution < -0.4 is 10.6 Å². The first-order valence-electron chi connectivity index (χ1n) is 7.16. The molecule has 2 atom stereocenters. The van der Waals surface area contributed by atoms with Gasteiger partial charge in [0.05, 0.1) is 11.7 Å². The summed E-state index contributed by atoms with van der Waals surface area (Å²) < 4.78 is 0. The predicted molar refractivity (Wildman–Crippen MR) is 78.7 cm³/mol. The molecule has 2 unspecified atom stereocenters. The second-order valence-electron chi connectivity index (χ2n) is 5.75. The van der Waals surface area contributed by atoms with Crippen LogP contribution in [0.4, 0.5) is 5.82 Å². The number of nitrogens with zero attached hydrogens (tertiary/aromatic N) is 1. The Morgan fingerprint density at radius 3 is 3.05 bits per heavy atom. The van der Waals surface area contributed by atoms with Gasteiger partial charge in [0.2, 0.25) is 0 Å². The van der Waals surface area contributed by atoms with Gasteiger partial charge in [-0.3, -0.25) is 4.79 Å². The molecule has 0 spiro atoms. The minimum Gasteiger partial charge on any atom is -0.392 e. The van der Waals surface area contributed by atoms with Crippen LogP contribution in [0, 0.1) is 5.41 Å². The highest BCUT2D eigenvalue weighted by Crippen LogP contribution is 2.36. The summed E-state index contributed by atoms with van der Waals surface area (Å²) in [6, 6.07) is 3.49. The van der Waals surface area contributed by atoms with Crippen LogP contribution in [0.15, 0.2) is 18.3 Å². The molecule has 0 saturated heterocycles. The van der Waals surface area contributed by atoms with Gasteiger partial charge in [-0.25, -0.2) is 4.98 Å². The third-order valence-electron chi connectivity index (χ3n) is 4.22. The van der Waals surface area contributed by atoms with Crippen LogP contribution >= 0.6 is 0 Å². The molecule has 1 aliphatic rings. The molecule has 1 saturated carbocycles. The van der Waals surface area contributed by atoms with E-state index in [1.165, 1.54) is 0 Å². The number of aromatic nitrogens is 1. The maximum Gasteiger partial charge on any atom is 0.254 e. The van der Waals surface area contributed by atoms with Gasteiger partial charge in [-0.05, 0) is 25.0 Å². The van der Waals surface area contributed by atoms with Crippen molar-refractivity contribution in [2.45, 2.75) is 38.7 Å². The SMILES string of the molecule is CNC(=O)c1cccnc1NCC1(C)CCCCC1O. The molecule has 1 aliphatic carbocycles. The largest absolute Gasteiger partial charge is 0.392 e. The number of anilines is 1. The van der Waals surface area contributed by atoms with E-state index in [2.05, 4.69) is 22.5 Å². The lowest BCUT2D eigenvalue weighted by Gasteiger charge is -2.38. The van der Waals surface area contributed by atoms with Crippen molar-refractivity contribution >= 4 is 11.7 Å². The van der Waals surface area contributed by atoms with Crippen molar-refractivity contribution in [2.24, 2.45) is 5.41 Å². The van der Waals surface area contributed by atoms with Crippen molar-refractivity contribution in [2.75, 3.05) is 18.9 Å². The molecule has 1 aromatic heterocycles. The third kappa shape index (κ3) is 3.10. The van der Waals surface area contributed by atoms with Crippen molar-refractivity contribution in [3.8, 4) is 0 Å². The number of pyridine rings is 1. The normalized spacial score (nSPS) is 26.1. The van der Waals surface area contributed by atoms with E-state index >= 15 is 0 Å². The number of carbonyl (C=O) groups is 1. The quantitative estimate of drug-likeness (QED) is 0.784. The molecule has 3 N–H and O–H groups in total. The number of hydrogen-bond donors (Lipinski definition) is 3. The number of hydrogen-bond acceptors (Lipinski definition) is 4. The first kappa shape index (κ1) is 14.8. The van der Waals surface area contributed by atoms with Crippen LogP contribution in [0.25, 0.3) is 0 Å². The Kier molecular flexibility index (Phi) is 4.60. The zero-order valence-electron chi connectivity index (χ0n) is 12.1. The highest BCUT2D eigenvalue weighted by atomic mass is 16.3. The van der Waals surface area contributed by atoms with E-state index in [9.17, 15) is 9.90 Å². The molecule has 1 aromatic rings. The van der Waals surface area contributed by atoms with Gasteiger partial charge < -0.3 is 15.7 Å². The zero-order chi connectivity index (χ0) is 14.6. The molecule has 0 radical (unpaired) electrons. The number of nitrogens with one attached hydrogen (secondary N) is 2. The summed E-state index contributed by atoms with van der Waals surface area (Å²) in [5.74, 6) is 0.417. The molecule has 1 amide bonds. The third-order valence-corrected chi connectivity index (χ3v) is 4.22. The topological polar surface area (TPSA) is 74.2 Å². The molecule has 1 fully saturated rings. The molecule has 0 aliphatic heterocycles. The summed E-state index contributed by atoms with van der Waals surface area (Å²) in [5, 5.41) is 16.0. The van der Waals surface area contributed by atoms with Gasteiger partial charge in [0.25, 0.3) is 5.91 Å². The Morgan fingerprint density at radius 1 is 1.55 bits per heavy atom. The van der Waals surface area contributed by atoms with Crippen LogP contribution in [0.2, 0.25) is 0 Å². The molecule has 20 heavy (non-hydrogen) atoms. The lowest BCUT2D eigenvalue weighted by Crippen LogP contribution is -2.41. The van der Waals surface area contributed by atoms with Gasteiger partial charge in [0, 0.05) is 25.2 Å². The predicted octanol–water partition coefficient (Wildman–Crippen LogP) is 1.79. The summed E-state index contributed by atoms with van der Waals surface area (Å²) in [5.41, 5.74) is 0.374. The van der Waals surface area contributed by atoms with E-state index in [0.717, 1.165) is 25.7 Å². The molecule has 5 heteroatoms. The van der Waals surface area contributed by atoms with Gasteiger partial charge in [-0.1, -0.05) is 19.8 Å². The van der Waals surface area contributed by atoms with Crippen LogP contribution in [-0.2, 0) is 0 Å². The zero-order valence-corrected chi connectivity index (χ0v) is 12.1. The lowest BCUT2D eigenvalue weighted by molar-refractivity contribution is 0.00958. The van der Waals surface area contributed by atoms with Crippen molar-refractivity contribution < 1.29 is 9.90 Å². The van der Waals surface area contributed by atoms with Crippen molar-refractivity contribution in [3.05, 3.63) is 23.9 Å². The second-order valence-corrected chi connectivity index (χ2v) is 5.75. The summed E-state index contributed by atoms with van der Waals surface area (Å²) in [4.78, 5) is 16.0. The van der Waals surface area contributed by atoms with E-state index < -0.39 is 0 Å². The summed E-state index contributed by atoms with van der Waals surface area (Å²) in [7, 11) is 1.60. The Morgan fingerprint density at radius 2 is 2.35 bits per heavy atom. The fourth-order valence-electron chi connectivity index (χ4n) is 2.74. The monoisotopic (exact) mass is 277 g/mol. The van der Waals surface area contributed by atoms with Gasteiger partial charge in [-0.2, -0.15) is 0 Å². The second kappa shape index (κ2) is 6.22. The highest BCUT2D eigenvalue weighted by Gasteiger charge is 2.35. The number of carbonyl (C=O) groups excluding carboxylic acids is 1. The first-order valence-corrected chi connectivity index (χ1v) is 7.16. The summed E-state index contributed by atoms with van der Waals surface area (Å²) in [6.45, 7) is 2.71. The minimum atomic E-state index is -0.295.